The Kier molecular flexibility index (Phi) is 6.61. The maximum absolute atomic E-state index is 13.1. The number of rotatable bonds is 8. The standard InChI is InChI=1S/C24H22FN5O4S/c1-24(2,15-25)23(31)27-18-8-4-9-19(13-18)30-35(32,33)20-10-3-6-16(12-20)21-28-29-22(34-21)17-7-5-11-26-14-17/h3-14,30H,15H2,1-2H3,(H,27,31). The topological polar surface area (TPSA) is 127 Å². The van der Waals surface area contributed by atoms with E-state index in [-0.39, 0.29) is 22.4 Å². The number of alkyl halides is 1. The second-order valence-electron chi connectivity index (χ2n) is 8.34. The third-order valence-electron chi connectivity index (χ3n) is 5.05. The lowest BCUT2D eigenvalue weighted by Crippen LogP contribution is -2.32. The van der Waals surface area contributed by atoms with Crippen LogP contribution < -0.4 is 10.0 Å². The van der Waals surface area contributed by atoms with Gasteiger partial charge in [-0.05, 0) is 62.4 Å². The van der Waals surface area contributed by atoms with Gasteiger partial charge in [0, 0.05) is 23.6 Å². The summed E-state index contributed by atoms with van der Waals surface area (Å²) in [6, 6.07) is 15.7. The Bertz CT molecular complexity index is 1460. The number of nitrogens with zero attached hydrogens (tertiary/aromatic N) is 3. The van der Waals surface area contributed by atoms with E-state index in [4.69, 9.17) is 4.42 Å². The Hall–Kier alpha value is -4.12. The summed E-state index contributed by atoms with van der Waals surface area (Å²) in [6.07, 6.45) is 3.20. The van der Waals surface area contributed by atoms with Crippen LogP contribution in [0, 0.1) is 5.41 Å². The second-order valence-corrected chi connectivity index (χ2v) is 10.0. The average molecular weight is 496 g/mol. The summed E-state index contributed by atoms with van der Waals surface area (Å²) in [5.74, 6) is -0.103. The van der Waals surface area contributed by atoms with Crippen molar-refractivity contribution < 1.29 is 22.0 Å². The van der Waals surface area contributed by atoms with Crippen molar-refractivity contribution in [3.05, 3.63) is 73.1 Å². The fourth-order valence-corrected chi connectivity index (χ4v) is 4.07. The molecule has 0 fully saturated rings. The molecule has 180 valence electrons. The van der Waals surface area contributed by atoms with Gasteiger partial charge in [-0.1, -0.05) is 12.1 Å². The van der Waals surface area contributed by atoms with Crippen LogP contribution in [0.2, 0.25) is 0 Å². The molecule has 0 atom stereocenters. The Morgan fingerprint density at radius 1 is 0.971 bits per heavy atom. The van der Waals surface area contributed by atoms with E-state index in [2.05, 4.69) is 25.2 Å². The van der Waals surface area contributed by atoms with E-state index in [1.807, 2.05) is 0 Å². The molecule has 0 saturated heterocycles. The van der Waals surface area contributed by atoms with Crippen molar-refractivity contribution in [2.75, 3.05) is 16.7 Å². The van der Waals surface area contributed by atoms with Crippen LogP contribution in [0.5, 0.6) is 0 Å². The number of carbonyl (C=O) groups is 1. The Morgan fingerprint density at radius 2 is 1.66 bits per heavy atom. The van der Waals surface area contributed by atoms with Gasteiger partial charge < -0.3 is 9.73 Å². The summed E-state index contributed by atoms with van der Waals surface area (Å²) in [7, 11) is -3.99. The van der Waals surface area contributed by atoms with E-state index < -0.39 is 28.0 Å². The van der Waals surface area contributed by atoms with E-state index in [1.54, 1.807) is 48.8 Å². The molecule has 2 aromatic carbocycles. The normalized spacial score (nSPS) is 11.7. The largest absolute Gasteiger partial charge is 0.416 e. The summed E-state index contributed by atoms with van der Waals surface area (Å²) >= 11 is 0. The second kappa shape index (κ2) is 9.63. The van der Waals surface area contributed by atoms with Crippen LogP contribution in [-0.2, 0) is 14.8 Å². The van der Waals surface area contributed by atoms with E-state index in [0.29, 0.717) is 16.8 Å². The molecule has 0 bridgehead atoms. The van der Waals surface area contributed by atoms with Crippen molar-refractivity contribution in [3.8, 4) is 22.9 Å². The minimum absolute atomic E-state index is 0.0240. The van der Waals surface area contributed by atoms with Crippen LogP contribution in [0.4, 0.5) is 15.8 Å². The average Bonchev–Trinajstić information content (AvgIpc) is 3.35. The summed E-state index contributed by atoms with van der Waals surface area (Å²) < 4.78 is 47.3. The summed E-state index contributed by atoms with van der Waals surface area (Å²) in [5, 5.41) is 10.6. The zero-order valence-corrected chi connectivity index (χ0v) is 19.7. The lowest BCUT2D eigenvalue weighted by atomic mass is 9.94. The van der Waals surface area contributed by atoms with Crippen LogP contribution >= 0.6 is 0 Å². The van der Waals surface area contributed by atoms with E-state index in [0.717, 1.165) is 0 Å². The number of hydrogen-bond donors (Lipinski definition) is 2. The first-order chi connectivity index (χ1) is 16.7. The number of pyridine rings is 1. The maximum atomic E-state index is 13.1. The predicted octanol–water partition coefficient (Wildman–Crippen LogP) is 4.53. The van der Waals surface area contributed by atoms with Gasteiger partial charge in [-0.15, -0.1) is 10.2 Å². The maximum Gasteiger partial charge on any atom is 0.261 e. The highest BCUT2D eigenvalue weighted by Crippen LogP contribution is 2.27. The molecule has 0 aliphatic carbocycles. The SMILES string of the molecule is CC(C)(CF)C(=O)Nc1cccc(NS(=O)(=O)c2cccc(-c3nnc(-c4cccnc4)o3)c2)c1. The van der Waals surface area contributed by atoms with Gasteiger partial charge in [0.05, 0.1) is 21.6 Å². The molecular formula is C24H22FN5O4S. The van der Waals surface area contributed by atoms with Gasteiger partial charge in [-0.25, -0.2) is 12.8 Å². The van der Waals surface area contributed by atoms with E-state index in [9.17, 15) is 17.6 Å². The molecular weight excluding hydrogens is 473 g/mol. The number of carbonyl (C=O) groups excluding carboxylic acids is 1. The molecule has 2 heterocycles. The molecule has 0 aliphatic heterocycles. The van der Waals surface area contributed by atoms with Crippen LogP contribution in [0.3, 0.4) is 0 Å². The van der Waals surface area contributed by atoms with Crippen molar-refractivity contribution in [2.45, 2.75) is 18.7 Å². The highest BCUT2D eigenvalue weighted by atomic mass is 32.2. The number of hydrogen-bond acceptors (Lipinski definition) is 7. The Balaban J connectivity index is 1.54. The number of benzene rings is 2. The molecule has 4 aromatic rings. The molecule has 2 N–H and O–H groups in total. The van der Waals surface area contributed by atoms with Gasteiger partial charge >= 0.3 is 0 Å². The minimum atomic E-state index is -3.99. The summed E-state index contributed by atoms with van der Waals surface area (Å²) in [5.41, 5.74) is 0.410. The van der Waals surface area contributed by atoms with Crippen molar-refractivity contribution in [2.24, 2.45) is 5.41 Å². The Labute approximate surface area is 201 Å². The molecule has 2 aromatic heterocycles. The van der Waals surface area contributed by atoms with Crippen LogP contribution in [0.1, 0.15) is 13.8 Å². The number of sulfonamides is 1. The number of anilines is 2. The first-order valence-corrected chi connectivity index (χ1v) is 12.0. The molecule has 0 saturated carbocycles. The van der Waals surface area contributed by atoms with Crippen molar-refractivity contribution in [1.82, 2.24) is 15.2 Å². The van der Waals surface area contributed by atoms with Gasteiger partial charge in [0.15, 0.2) is 0 Å². The monoisotopic (exact) mass is 495 g/mol. The molecule has 0 aliphatic rings. The van der Waals surface area contributed by atoms with Crippen molar-refractivity contribution in [3.63, 3.8) is 0 Å². The third-order valence-corrected chi connectivity index (χ3v) is 6.43. The van der Waals surface area contributed by atoms with Gasteiger partial charge in [-0.2, -0.15) is 0 Å². The van der Waals surface area contributed by atoms with Gasteiger partial charge in [0.2, 0.25) is 17.7 Å². The number of aromatic nitrogens is 3. The number of amides is 1. The van der Waals surface area contributed by atoms with Crippen molar-refractivity contribution >= 4 is 27.3 Å². The molecule has 1 amide bonds. The smallest absolute Gasteiger partial charge is 0.261 e. The first-order valence-electron chi connectivity index (χ1n) is 10.5. The highest BCUT2D eigenvalue weighted by molar-refractivity contribution is 7.92. The number of halogens is 1. The molecule has 9 nitrogen and oxygen atoms in total. The third kappa shape index (κ3) is 5.52. The van der Waals surface area contributed by atoms with E-state index >= 15 is 0 Å². The minimum Gasteiger partial charge on any atom is -0.416 e. The zero-order valence-electron chi connectivity index (χ0n) is 18.9. The highest BCUT2D eigenvalue weighted by Gasteiger charge is 2.27. The molecule has 0 spiro atoms. The fourth-order valence-electron chi connectivity index (χ4n) is 2.98. The Morgan fingerprint density at radius 3 is 2.37 bits per heavy atom. The molecule has 35 heavy (non-hydrogen) atoms. The van der Waals surface area contributed by atoms with Gasteiger partial charge in [0.1, 0.15) is 6.67 Å². The van der Waals surface area contributed by atoms with Gasteiger partial charge in [-0.3, -0.25) is 14.5 Å². The van der Waals surface area contributed by atoms with Gasteiger partial charge in [0.25, 0.3) is 10.0 Å². The first kappa shape index (κ1) is 24.0. The summed E-state index contributed by atoms with van der Waals surface area (Å²) in [4.78, 5) is 16.2. The lowest BCUT2D eigenvalue weighted by Gasteiger charge is -2.19. The van der Waals surface area contributed by atoms with E-state index in [1.165, 1.54) is 38.1 Å². The molecule has 0 unspecified atom stereocenters. The predicted molar refractivity (Wildman–Crippen MR) is 129 cm³/mol. The van der Waals surface area contributed by atoms with Crippen LogP contribution in [0.15, 0.2) is 82.4 Å². The lowest BCUT2D eigenvalue weighted by molar-refractivity contribution is -0.124. The van der Waals surface area contributed by atoms with Crippen LogP contribution in [-0.4, -0.2) is 36.2 Å². The summed E-state index contributed by atoms with van der Waals surface area (Å²) in [6.45, 7) is 2.13. The molecule has 4 rings (SSSR count). The number of nitrogens with one attached hydrogen (secondary N) is 2. The fraction of sp³-hybridized carbons (Fsp3) is 0.167. The zero-order chi connectivity index (χ0) is 25.1. The quantitative estimate of drug-likeness (QED) is 0.367. The molecule has 11 heteroatoms. The van der Waals surface area contributed by atoms with Crippen LogP contribution in [0.25, 0.3) is 22.9 Å². The molecule has 0 radical (unpaired) electrons. The van der Waals surface area contributed by atoms with Crippen molar-refractivity contribution in [1.29, 1.82) is 0 Å².